The average Bonchev–Trinajstić information content (AvgIpc) is 2.69. The maximum atomic E-state index is 13.3. The first-order chi connectivity index (χ1) is 13.9. The van der Waals surface area contributed by atoms with E-state index in [2.05, 4.69) is 16.2 Å². The second kappa shape index (κ2) is 9.11. The predicted octanol–water partition coefficient (Wildman–Crippen LogP) is 1.75. The van der Waals surface area contributed by atoms with Crippen LogP contribution in [0.4, 0.5) is 21.5 Å². The van der Waals surface area contributed by atoms with Crippen LogP contribution < -0.4 is 21.1 Å². The number of aryl methyl sites for hydroxylation is 1. The Labute approximate surface area is 166 Å². The third-order valence-electron chi connectivity index (χ3n) is 4.44. The minimum atomic E-state index is -0.988. The lowest BCUT2D eigenvalue weighted by Crippen LogP contribution is -2.47. The molecule has 0 saturated heterocycles. The molecule has 10 heteroatoms. The summed E-state index contributed by atoms with van der Waals surface area (Å²) < 4.78 is 13.3. The molecule has 1 aliphatic heterocycles. The summed E-state index contributed by atoms with van der Waals surface area (Å²) in [4.78, 5) is 35.9. The van der Waals surface area contributed by atoms with Crippen molar-refractivity contribution in [3.63, 3.8) is 0 Å². The number of anilines is 2. The number of nitro benzene ring substituents is 1. The zero-order chi connectivity index (χ0) is 20.8. The molecule has 2 aromatic rings. The highest BCUT2D eigenvalue weighted by Crippen LogP contribution is 2.26. The fraction of sp³-hybridized carbons (Fsp3) is 0.263. The van der Waals surface area contributed by atoms with Gasteiger partial charge in [0.2, 0.25) is 11.7 Å². The number of fused-ring (bicyclic) bond motifs is 1. The number of carbonyl (C=O) groups is 2. The Morgan fingerprint density at radius 1 is 1.17 bits per heavy atom. The average molecular weight is 401 g/mol. The van der Waals surface area contributed by atoms with Crippen LogP contribution >= 0.6 is 0 Å². The Balaban J connectivity index is 1.45. The van der Waals surface area contributed by atoms with Gasteiger partial charge >= 0.3 is 5.69 Å². The molecule has 0 spiro atoms. The molecule has 9 nitrogen and oxygen atoms in total. The Bertz CT molecular complexity index is 937. The maximum Gasteiger partial charge on any atom is 0.306 e. The molecule has 0 unspecified atom stereocenters. The van der Waals surface area contributed by atoms with Gasteiger partial charge in [-0.05, 0) is 36.6 Å². The molecule has 0 aliphatic carbocycles. The van der Waals surface area contributed by atoms with Crippen LogP contribution in [0.5, 0.6) is 0 Å². The van der Waals surface area contributed by atoms with Gasteiger partial charge in [0.25, 0.3) is 5.91 Å². The molecule has 0 fully saturated rings. The van der Waals surface area contributed by atoms with Gasteiger partial charge in [-0.1, -0.05) is 18.2 Å². The standard InChI is InChI=1S/C19H20FN5O4/c20-15-8-7-14(10-17(15)25(28)29)22-18(26)11-21-23-19(27)12-24-9-3-5-13-4-1-2-6-16(13)24/h1-2,4,6-8,10,21H,3,5,9,11-12H2,(H,22,26)(H,23,27). The highest BCUT2D eigenvalue weighted by molar-refractivity contribution is 5.92. The number of para-hydroxylation sites is 1. The molecular weight excluding hydrogens is 381 g/mol. The second-order valence-electron chi connectivity index (χ2n) is 6.53. The first-order valence-electron chi connectivity index (χ1n) is 9.02. The first kappa shape index (κ1) is 20.2. The Morgan fingerprint density at radius 3 is 2.76 bits per heavy atom. The van der Waals surface area contributed by atoms with Crippen molar-refractivity contribution >= 4 is 28.9 Å². The Hall–Kier alpha value is -3.53. The fourth-order valence-electron chi connectivity index (χ4n) is 3.15. The third-order valence-corrected chi connectivity index (χ3v) is 4.44. The molecule has 2 aromatic carbocycles. The number of nitrogens with one attached hydrogen (secondary N) is 3. The number of nitro groups is 1. The zero-order valence-electron chi connectivity index (χ0n) is 15.5. The quantitative estimate of drug-likeness (QED) is 0.481. The normalized spacial score (nSPS) is 12.8. The minimum absolute atomic E-state index is 0.0844. The van der Waals surface area contributed by atoms with Crippen LogP contribution in [0.25, 0.3) is 0 Å². The predicted molar refractivity (Wildman–Crippen MR) is 105 cm³/mol. The number of hydrazine groups is 1. The van der Waals surface area contributed by atoms with Gasteiger partial charge in [0, 0.05) is 24.0 Å². The van der Waals surface area contributed by atoms with Crippen molar-refractivity contribution in [3.8, 4) is 0 Å². The number of rotatable bonds is 7. The smallest absolute Gasteiger partial charge is 0.306 e. The van der Waals surface area contributed by atoms with Crippen LogP contribution in [-0.4, -0.2) is 36.4 Å². The SMILES string of the molecule is O=C(CN1CCCc2ccccc21)NNCC(=O)Nc1ccc(F)c([N+](=O)[O-])c1. The van der Waals surface area contributed by atoms with Gasteiger partial charge in [0.1, 0.15) is 0 Å². The molecule has 0 atom stereocenters. The van der Waals surface area contributed by atoms with Crippen LogP contribution in [0.2, 0.25) is 0 Å². The number of benzene rings is 2. The van der Waals surface area contributed by atoms with E-state index < -0.39 is 22.3 Å². The highest BCUT2D eigenvalue weighted by Gasteiger charge is 2.19. The van der Waals surface area contributed by atoms with Crippen molar-refractivity contribution in [1.29, 1.82) is 0 Å². The largest absolute Gasteiger partial charge is 0.362 e. The van der Waals surface area contributed by atoms with Gasteiger partial charge in [-0.15, -0.1) is 0 Å². The molecule has 0 bridgehead atoms. The van der Waals surface area contributed by atoms with E-state index in [9.17, 15) is 24.1 Å². The van der Waals surface area contributed by atoms with Crippen molar-refractivity contribution < 1.29 is 18.9 Å². The van der Waals surface area contributed by atoms with Crippen LogP contribution in [0.3, 0.4) is 0 Å². The maximum absolute atomic E-state index is 13.3. The molecule has 2 amide bonds. The summed E-state index contributed by atoms with van der Waals surface area (Å²) in [5, 5.41) is 13.1. The summed E-state index contributed by atoms with van der Waals surface area (Å²) in [7, 11) is 0. The van der Waals surface area contributed by atoms with Gasteiger partial charge < -0.3 is 10.2 Å². The lowest BCUT2D eigenvalue weighted by molar-refractivity contribution is -0.387. The summed E-state index contributed by atoms with van der Waals surface area (Å²) in [5.41, 5.74) is 6.56. The summed E-state index contributed by atoms with van der Waals surface area (Å²) in [6.07, 6.45) is 1.94. The van der Waals surface area contributed by atoms with Crippen molar-refractivity contribution in [1.82, 2.24) is 10.9 Å². The van der Waals surface area contributed by atoms with E-state index in [-0.39, 0.29) is 24.7 Å². The zero-order valence-corrected chi connectivity index (χ0v) is 15.5. The number of nitrogens with zero attached hydrogens (tertiary/aromatic N) is 2. The van der Waals surface area contributed by atoms with Crippen molar-refractivity contribution in [2.24, 2.45) is 0 Å². The number of halogens is 1. The number of carbonyl (C=O) groups excluding carboxylic acids is 2. The molecule has 29 heavy (non-hydrogen) atoms. The topological polar surface area (TPSA) is 117 Å². The van der Waals surface area contributed by atoms with Gasteiger partial charge in [0.15, 0.2) is 0 Å². The minimum Gasteiger partial charge on any atom is -0.362 e. The van der Waals surface area contributed by atoms with Crippen LogP contribution in [-0.2, 0) is 16.0 Å². The van der Waals surface area contributed by atoms with Crippen molar-refractivity contribution in [2.45, 2.75) is 12.8 Å². The van der Waals surface area contributed by atoms with E-state index in [0.717, 1.165) is 37.2 Å². The molecule has 3 N–H and O–H groups in total. The molecule has 0 saturated carbocycles. The fourth-order valence-corrected chi connectivity index (χ4v) is 3.15. The van der Waals surface area contributed by atoms with Crippen molar-refractivity contribution in [3.05, 3.63) is 64.0 Å². The molecular formula is C19H20FN5O4. The molecule has 3 rings (SSSR count). The summed E-state index contributed by atoms with van der Waals surface area (Å²) in [6, 6.07) is 11.0. The van der Waals surface area contributed by atoms with Gasteiger partial charge in [-0.3, -0.25) is 25.1 Å². The van der Waals surface area contributed by atoms with E-state index in [1.165, 1.54) is 11.6 Å². The molecule has 0 aromatic heterocycles. The monoisotopic (exact) mass is 401 g/mol. The first-order valence-corrected chi connectivity index (χ1v) is 9.02. The van der Waals surface area contributed by atoms with Crippen molar-refractivity contribution in [2.75, 3.05) is 29.9 Å². The van der Waals surface area contributed by atoms with E-state index in [1.54, 1.807) is 0 Å². The van der Waals surface area contributed by atoms with Gasteiger partial charge in [-0.25, -0.2) is 5.43 Å². The molecule has 1 heterocycles. The summed E-state index contributed by atoms with van der Waals surface area (Å²) >= 11 is 0. The second-order valence-corrected chi connectivity index (χ2v) is 6.53. The summed E-state index contributed by atoms with van der Waals surface area (Å²) in [6.45, 7) is 0.664. The molecule has 1 aliphatic rings. The van der Waals surface area contributed by atoms with E-state index in [0.29, 0.717) is 0 Å². The van der Waals surface area contributed by atoms with Crippen LogP contribution in [0.1, 0.15) is 12.0 Å². The number of hydrogen-bond donors (Lipinski definition) is 3. The van der Waals surface area contributed by atoms with E-state index in [1.807, 2.05) is 29.2 Å². The Kier molecular flexibility index (Phi) is 6.35. The summed E-state index contributed by atoms with van der Waals surface area (Å²) in [5.74, 6) is -1.83. The lowest BCUT2D eigenvalue weighted by atomic mass is 10.0. The highest BCUT2D eigenvalue weighted by atomic mass is 19.1. The third kappa shape index (κ3) is 5.26. The van der Waals surface area contributed by atoms with Gasteiger partial charge in [0.05, 0.1) is 18.0 Å². The Morgan fingerprint density at radius 2 is 1.97 bits per heavy atom. The van der Waals surface area contributed by atoms with E-state index in [4.69, 9.17) is 0 Å². The number of hydrogen-bond acceptors (Lipinski definition) is 6. The van der Waals surface area contributed by atoms with E-state index >= 15 is 0 Å². The lowest BCUT2D eigenvalue weighted by Gasteiger charge is -2.30. The molecule has 0 radical (unpaired) electrons. The van der Waals surface area contributed by atoms with Crippen LogP contribution in [0, 0.1) is 15.9 Å². The van der Waals surface area contributed by atoms with Gasteiger partial charge in [-0.2, -0.15) is 4.39 Å². The molecule has 152 valence electrons. The van der Waals surface area contributed by atoms with Crippen LogP contribution in [0.15, 0.2) is 42.5 Å². The number of amides is 2.